The zero-order valence-electron chi connectivity index (χ0n) is 9.56. The standard InChI is InChI=1S/C13H15NO2S/c14-7-11-6-10(8-15)3-4-13(11)17-9-12-2-1-5-16-12/h3-4,6,12,15H,1-2,5,8-9H2. The Bertz CT molecular complexity index is 422. The number of aliphatic hydroxyl groups excluding tert-OH is 1. The smallest absolute Gasteiger partial charge is 0.100 e. The van der Waals surface area contributed by atoms with Crippen molar-refractivity contribution in [2.24, 2.45) is 0 Å². The minimum Gasteiger partial charge on any atom is -0.392 e. The molecule has 0 bridgehead atoms. The van der Waals surface area contributed by atoms with E-state index in [4.69, 9.17) is 15.1 Å². The number of ether oxygens (including phenoxy) is 1. The topological polar surface area (TPSA) is 53.2 Å². The fourth-order valence-electron chi connectivity index (χ4n) is 1.85. The zero-order valence-corrected chi connectivity index (χ0v) is 10.4. The minimum atomic E-state index is -0.0225. The molecule has 1 aromatic rings. The molecule has 0 aromatic heterocycles. The first-order chi connectivity index (χ1) is 8.33. The number of benzene rings is 1. The summed E-state index contributed by atoms with van der Waals surface area (Å²) in [6.07, 6.45) is 2.58. The van der Waals surface area contributed by atoms with Crippen LogP contribution in [0.4, 0.5) is 0 Å². The molecule has 0 saturated carbocycles. The second-order valence-electron chi connectivity index (χ2n) is 4.05. The van der Waals surface area contributed by atoms with Gasteiger partial charge in [0.2, 0.25) is 0 Å². The number of hydrogen-bond donors (Lipinski definition) is 1. The van der Waals surface area contributed by atoms with Crippen LogP contribution in [0.25, 0.3) is 0 Å². The summed E-state index contributed by atoms with van der Waals surface area (Å²) in [7, 11) is 0. The Morgan fingerprint density at radius 3 is 3.06 bits per heavy atom. The molecule has 0 radical (unpaired) electrons. The molecule has 1 aromatic carbocycles. The van der Waals surface area contributed by atoms with Crippen LogP contribution in [-0.4, -0.2) is 23.6 Å². The normalized spacial score (nSPS) is 19.2. The number of hydrogen-bond acceptors (Lipinski definition) is 4. The van der Waals surface area contributed by atoms with E-state index in [-0.39, 0.29) is 6.61 Å². The molecule has 1 aliphatic rings. The highest BCUT2D eigenvalue weighted by Gasteiger charge is 2.16. The van der Waals surface area contributed by atoms with E-state index in [1.54, 1.807) is 17.8 Å². The summed E-state index contributed by atoms with van der Waals surface area (Å²) < 4.78 is 5.55. The maximum Gasteiger partial charge on any atom is 0.100 e. The van der Waals surface area contributed by atoms with Gasteiger partial charge in [0.1, 0.15) is 6.07 Å². The van der Waals surface area contributed by atoms with Gasteiger partial charge in [-0.05, 0) is 30.5 Å². The maximum absolute atomic E-state index is 9.05. The molecule has 3 nitrogen and oxygen atoms in total. The van der Waals surface area contributed by atoms with Gasteiger partial charge in [-0.1, -0.05) is 6.07 Å². The average molecular weight is 249 g/mol. The Morgan fingerprint density at radius 2 is 2.41 bits per heavy atom. The van der Waals surface area contributed by atoms with Crippen LogP contribution < -0.4 is 0 Å². The van der Waals surface area contributed by atoms with E-state index >= 15 is 0 Å². The van der Waals surface area contributed by atoms with Crippen LogP contribution in [0.5, 0.6) is 0 Å². The number of rotatable bonds is 4. The van der Waals surface area contributed by atoms with E-state index in [2.05, 4.69) is 6.07 Å². The van der Waals surface area contributed by atoms with E-state index in [9.17, 15) is 0 Å². The predicted octanol–water partition coefficient (Wildman–Crippen LogP) is 2.32. The SMILES string of the molecule is N#Cc1cc(CO)ccc1SCC1CCCO1. The van der Waals surface area contributed by atoms with Crippen molar-refractivity contribution in [1.29, 1.82) is 5.26 Å². The molecule has 0 amide bonds. The largest absolute Gasteiger partial charge is 0.392 e. The Morgan fingerprint density at radius 1 is 1.53 bits per heavy atom. The van der Waals surface area contributed by atoms with Crippen molar-refractivity contribution in [3.05, 3.63) is 29.3 Å². The summed E-state index contributed by atoms with van der Waals surface area (Å²) in [5.41, 5.74) is 1.42. The van der Waals surface area contributed by atoms with Crippen molar-refractivity contribution in [2.45, 2.75) is 30.4 Å². The van der Waals surface area contributed by atoms with Crippen LogP contribution in [0.3, 0.4) is 0 Å². The van der Waals surface area contributed by atoms with Gasteiger partial charge in [0.15, 0.2) is 0 Å². The molecule has 1 fully saturated rings. The van der Waals surface area contributed by atoms with Gasteiger partial charge < -0.3 is 9.84 Å². The molecule has 1 atom stereocenters. The maximum atomic E-state index is 9.05. The molecule has 1 heterocycles. The van der Waals surface area contributed by atoms with Gasteiger partial charge in [-0.3, -0.25) is 0 Å². The van der Waals surface area contributed by atoms with E-state index in [1.165, 1.54) is 0 Å². The average Bonchev–Trinajstić information content (AvgIpc) is 2.89. The van der Waals surface area contributed by atoms with Crippen LogP contribution in [0.1, 0.15) is 24.0 Å². The van der Waals surface area contributed by atoms with Gasteiger partial charge in [-0.25, -0.2) is 0 Å². The molecule has 90 valence electrons. The molecular formula is C13H15NO2S. The molecule has 0 spiro atoms. The lowest BCUT2D eigenvalue weighted by molar-refractivity contribution is 0.129. The lowest BCUT2D eigenvalue weighted by Crippen LogP contribution is -2.07. The molecule has 17 heavy (non-hydrogen) atoms. The van der Waals surface area contributed by atoms with Crippen molar-refractivity contribution in [2.75, 3.05) is 12.4 Å². The third kappa shape index (κ3) is 3.22. The number of aliphatic hydroxyl groups is 1. The fraction of sp³-hybridized carbons (Fsp3) is 0.462. The zero-order chi connectivity index (χ0) is 12.1. The van der Waals surface area contributed by atoms with E-state index in [1.807, 2.05) is 12.1 Å². The number of nitriles is 1. The lowest BCUT2D eigenvalue weighted by atomic mass is 10.1. The third-order valence-electron chi connectivity index (χ3n) is 2.80. The van der Waals surface area contributed by atoms with E-state index < -0.39 is 0 Å². The lowest BCUT2D eigenvalue weighted by Gasteiger charge is -2.10. The van der Waals surface area contributed by atoms with Crippen molar-refractivity contribution in [3.63, 3.8) is 0 Å². The molecule has 4 heteroatoms. The van der Waals surface area contributed by atoms with Gasteiger partial charge in [-0.15, -0.1) is 11.8 Å². The van der Waals surface area contributed by atoms with Gasteiger partial charge in [0, 0.05) is 17.3 Å². The first kappa shape index (κ1) is 12.4. The predicted molar refractivity (Wildman–Crippen MR) is 66.8 cm³/mol. The van der Waals surface area contributed by atoms with E-state index in [0.29, 0.717) is 11.7 Å². The Kier molecular flexibility index (Phi) is 4.43. The quantitative estimate of drug-likeness (QED) is 0.832. The molecule has 0 aliphatic carbocycles. The fourth-order valence-corrected chi connectivity index (χ4v) is 2.90. The van der Waals surface area contributed by atoms with Crippen molar-refractivity contribution >= 4 is 11.8 Å². The van der Waals surface area contributed by atoms with Crippen LogP contribution in [0.2, 0.25) is 0 Å². The molecular weight excluding hydrogens is 234 g/mol. The van der Waals surface area contributed by atoms with Crippen LogP contribution in [0, 0.1) is 11.3 Å². The Hall–Kier alpha value is -1.02. The number of thioether (sulfide) groups is 1. The minimum absolute atomic E-state index is 0.0225. The molecule has 1 aliphatic heterocycles. The van der Waals surface area contributed by atoms with Crippen molar-refractivity contribution in [1.82, 2.24) is 0 Å². The first-order valence-electron chi connectivity index (χ1n) is 5.72. The van der Waals surface area contributed by atoms with Crippen molar-refractivity contribution < 1.29 is 9.84 Å². The molecule has 1 unspecified atom stereocenters. The van der Waals surface area contributed by atoms with Gasteiger partial charge in [0.25, 0.3) is 0 Å². The summed E-state index contributed by atoms with van der Waals surface area (Å²) in [5.74, 6) is 0.896. The summed E-state index contributed by atoms with van der Waals surface area (Å²) in [6.45, 7) is 0.838. The summed E-state index contributed by atoms with van der Waals surface area (Å²) in [5, 5.41) is 18.1. The highest BCUT2D eigenvalue weighted by molar-refractivity contribution is 7.99. The Balaban J connectivity index is 2.02. The van der Waals surface area contributed by atoms with Gasteiger partial charge in [0.05, 0.1) is 18.3 Å². The summed E-state index contributed by atoms with van der Waals surface area (Å²) in [6, 6.07) is 7.69. The third-order valence-corrected chi connectivity index (χ3v) is 4.00. The molecule has 1 saturated heterocycles. The van der Waals surface area contributed by atoms with Crippen LogP contribution in [0.15, 0.2) is 23.1 Å². The summed E-state index contributed by atoms with van der Waals surface area (Å²) >= 11 is 1.66. The highest BCUT2D eigenvalue weighted by atomic mass is 32.2. The van der Waals surface area contributed by atoms with Gasteiger partial charge in [-0.2, -0.15) is 5.26 Å². The second-order valence-corrected chi connectivity index (χ2v) is 5.11. The second kappa shape index (κ2) is 6.06. The molecule has 1 N–H and O–H groups in total. The number of nitrogens with zero attached hydrogens (tertiary/aromatic N) is 1. The Labute approximate surface area is 105 Å². The van der Waals surface area contributed by atoms with Crippen LogP contribution >= 0.6 is 11.8 Å². The van der Waals surface area contributed by atoms with E-state index in [0.717, 1.165) is 35.7 Å². The highest BCUT2D eigenvalue weighted by Crippen LogP contribution is 2.27. The monoisotopic (exact) mass is 249 g/mol. The van der Waals surface area contributed by atoms with Crippen molar-refractivity contribution in [3.8, 4) is 6.07 Å². The van der Waals surface area contributed by atoms with Crippen LogP contribution in [-0.2, 0) is 11.3 Å². The summed E-state index contributed by atoms with van der Waals surface area (Å²) in [4.78, 5) is 0.972. The van der Waals surface area contributed by atoms with Gasteiger partial charge >= 0.3 is 0 Å². The molecule has 2 rings (SSSR count). The first-order valence-corrected chi connectivity index (χ1v) is 6.70.